The average Bonchev–Trinajstić information content (AvgIpc) is 3.79. The van der Waals surface area contributed by atoms with Crippen LogP contribution < -0.4 is 10.6 Å². The van der Waals surface area contributed by atoms with Crippen molar-refractivity contribution in [2.45, 2.75) is 128 Å². The molecule has 0 radical (unpaired) electrons. The van der Waals surface area contributed by atoms with E-state index in [9.17, 15) is 19.2 Å². The van der Waals surface area contributed by atoms with Gasteiger partial charge in [-0.1, -0.05) is 93.3 Å². The van der Waals surface area contributed by atoms with Crippen molar-refractivity contribution in [3.63, 3.8) is 0 Å². The van der Waals surface area contributed by atoms with Crippen molar-refractivity contribution in [2.24, 2.45) is 23.7 Å². The van der Waals surface area contributed by atoms with Crippen LogP contribution in [0.3, 0.4) is 0 Å². The molecule has 0 spiro atoms. The number of carbonyl (C=O) groups is 4. The lowest BCUT2D eigenvalue weighted by Gasteiger charge is -2.24. The summed E-state index contributed by atoms with van der Waals surface area (Å²) in [6.45, 7) is 4.08. The summed E-state index contributed by atoms with van der Waals surface area (Å²) < 4.78 is 10.5. The lowest BCUT2D eigenvalue weighted by atomic mass is 9.85. The summed E-state index contributed by atoms with van der Waals surface area (Å²) in [5.41, 5.74) is 2.19. The van der Waals surface area contributed by atoms with Crippen molar-refractivity contribution in [3.8, 4) is 0 Å². The Morgan fingerprint density at radius 3 is 1.75 bits per heavy atom. The zero-order valence-corrected chi connectivity index (χ0v) is 32.8. The Bertz CT molecular complexity index is 1360. The number of fused-ring (bicyclic) bond motifs is 2. The number of hydrogen-bond acceptors (Lipinski definition) is 8. The molecule has 2 aromatic carbocycles. The smallest absolute Gasteiger partial charge is 0.323 e. The summed E-state index contributed by atoms with van der Waals surface area (Å²) in [5.74, 6) is -1.51. The van der Waals surface area contributed by atoms with E-state index in [2.05, 4.69) is 10.6 Å². The SMILES string of the molecule is CCOC(=O)[C@H](CCc1ccccc1)C[C@@H](C)C(=O)O.Cl.Cl.O=C(O)[C@@H]1C[C@H]2CCCC[C@@H]2N1.O=C(OCc1ccccc1)[C@@H]1C[C@H]2CCCC[C@@H]2N1. The van der Waals surface area contributed by atoms with Crippen LogP contribution in [0.4, 0.5) is 0 Å². The van der Waals surface area contributed by atoms with E-state index in [1.54, 1.807) is 13.8 Å². The molecule has 0 bridgehead atoms. The fourth-order valence-corrected chi connectivity index (χ4v) is 7.95. The van der Waals surface area contributed by atoms with Gasteiger partial charge >= 0.3 is 23.9 Å². The van der Waals surface area contributed by atoms with E-state index in [4.69, 9.17) is 19.7 Å². The molecule has 4 aliphatic rings. The molecule has 0 unspecified atom stereocenters. The van der Waals surface area contributed by atoms with E-state index in [0.29, 0.717) is 50.0 Å². The number of rotatable bonds is 12. The van der Waals surface area contributed by atoms with Gasteiger partial charge in [0.1, 0.15) is 18.7 Å². The molecule has 0 amide bonds. The summed E-state index contributed by atoms with van der Waals surface area (Å²) in [6.07, 6.45) is 13.5. The minimum atomic E-state index is -0.876. The molecule has 296 valence electrons. The Morgan fingerprint density at radius 2 is 1.25 bits per heavy atom. The number of carboxylic acids is 2. The number of hydrogen-bond donors (Lipinski definition) is 4. The Balaban J connectivity index is 0.000000277. The third kappa shape index (κ3) is 15.2. The second kappa shape index (κ2) is 24.3. The molecule has 2 aliphatic carbocycles. The van der Waals surface area contributed by atoms with Gasteiger partial charge in [0.15, 0.2) is 0 Å². The minimum absolute atomic E-state index is 0. The Hall–Kier alpha value is -3.18. The molecule has 2 saturated carbocycles. The van der Waals surface area contributed by atoms with Crippen molar-refractivity contribution in [2.75, 3.05) is 6.61 Å². The van der Waals surface area contributed by atoms with E-state index >= 15 is 0 Å². The molecule has 0 aromatic heterocycles. The normalized spacial score (nSPS) is 25.0. The lowest BCUT2D eigenvalue weighted by Crippen LogP contribution is -2.37. The summed E-state index contributed by atoms with van der Waals surface area (Å²) >= 11 is 0. The lowest BCUT2D eigenvalue weighted by molar-refractivity contribution is -0.150. The second-order valence-corrected chi connectivity index (χ2v) is 14.6. The van der Waals surface area contributed by atoms with Crippen LogP contribution in [-0.4, -0.2) is 64.9 Å². The van der Waals surface area contributed by atoms with Crippen molar-refractivity contribution in [1.82, 2.24) is 10.6 Å². The molecular weight excluding hydrogens is 719 g/mol. The van der Waals surface area contributed by atoms with E-state index in [0.717, 1.165) is 30.4 Å². The van der Waals surface area contributed by atoms with Crippen LogP contribution in [0.25, 0.3) is 0 Å². The standard InChI is InChI=1S/C16H21NO2.C16H22O4.C9H15NO2.2ClH/c18-16(19-11-12-6-2-1-3-7-12)15-10-13-8-4-5-9-14(13)17-15;1-3-20-16(19)14(11-12(2)15(17)18)10-9-13-7-5-4-6-8-13;11-9(12)8-5-6-3-1-2-4-7(6)10-8;;/h1-3,6-7,13-15,17H,4-5,8-11H2;4-8,12,14H,3,9-11H2,1-2H3,(H,17,18);6-8,10H,1-5H2,(H,11,12);2*1H/t13-,14+,15+;12-,14-;6-,7+,8+;;/m111../s1. The molecule has 4 N–H and O–H groups in total. The third-order valence-corrected chi connectivity index (χ3v) is 10.8. The van der Waals surface area contributed by atoms with Crippen LogP contribution in [0.5, 0.6) is 0 Å². The number of benzene rings is 2. The van der Waals surface area contributed by atoms with Gasteiger partial charge in [-0.25, -0.2) is 0 Å². The Kier molecular flexibility index (Phi) is 21.1. The molecule has 10 nitrogen and oxygen atoms in total. The average molecular weight is 780 g/mol. The molecule has 2 aromatic rings. The van der Waals surface area contributed by atoms with E-state index in [1.807, 2.05) is 60.7 Å². The van der Waals surface area contributed by atoms with Crippen molar-refractivity contribution in [3.05, 3.63) is 71.8 Å². The molecule has 2 heterocycles. The van der Waals surface area contributed by atoms with Gasteiger partial charge in [0.25, 0.3) is 0 Å². The maximum atomic E-state index is 12.1. The highest BCUT2D eigenvalue weighted by atomic mass is 35.5. The summed E-state index contributed by atoms with van der Waals surface area (Å²) in [7, 11) is 0. The summed E-state index contributed by atoms with van der Waals surface area (Å²) in [6, 6.07) is 20.4. The number of aryl methyl sites for hydroxylation is 1. The van der Waals surface area contributed by atoms with Crippen LogP contribution in [-0.2, 0) is 41.7 Å². The number of carbonyl (C=O) groups excluding carboxylic acids is 2. The Morgan fingerprint density at radius 1 is 0.736 bits per heavy atom. The Labute approximate surface area is 327 Å². The fourth-order valence-electron chi connectivity index (χ4n) is 7.95. The summed E-state index contributed by atoms with van der Waals surface area (Å²) in [4.78, 5) is 45.6. The number of halogens is 2. The predicted molar refractivity (Wildman–Crippen MR) is 209 cm³/mol. The van der Waals surface area contributed by atoms with Gasteiger partial charge in [-0.15, -0.1) is 24.8 Å². The molecule has 2 saturated heterocycles. The van der Waals surface area contributed by atoms with Gasteiger partial charge in [-0.2, -0.15) is 0 Å². The van der Waals surface area contributed by atoms with Crippen LogP contribution in [0.2, 0.25) is 0 Å². The number of ether oxygens (including phenoxy) is 2. The van der Waals surface area contributed by atoms with Gasteiger partial charge in [0.05, 0.1) is 18.4 Å². The number of esters is 2. The first-order chi connectivity index (χ1) is 24.6. The topological polar surface area (TPSA) is 151 Å². The van der Waals surface area contributed by atoms with E-state index < -0.39 is 17.9 Å². The maximum absolute atomic E-state index is 12.1. The largest absolute Gasteiger partial charge is 0.481 e. The minimum Gasteiger partial charge on any atom is -0.481 e. The van der Waals surface area contributed by atoms with Gasteiger partial charge in [-0.05, 0) is 87.7 Å². The number of nitrogens with one attached hydrogen (secondary N) is 2. The number of carboxylic acid groups (broad SMARTS) is 2. The van der Waals surface area contributed by atoms with Crippen LogP contribution >= 0.6 is 24.8 Å². The molecule has 12 heteroatoms. The maximum Gasteiger partial charge on any atom is 0.323 e. The van der Waals surface area contributed by atoms with Crippen molar-refractivity contribution in [1.29, 1.82) is 0 Å². The van der Waals surface area contributed by atoms with Gasteiger partial charge in [-0.3, -0.25) is 19.2 Å². The van der Waals surface area contributed by atoms with Crippen LogP contribution in [0.15, 0.2) is 60.7 Å². The first-order valence-electron chi connectivity index (χ1n) is 19.0. The van der Waals surface area contributed by atoms with Gasteiger partial charge < -0.3 is 30.3 Å². The van der Waals surface area contributed by atoms with Crippen LogP contribution in [0.1, 0.15) is 102 Å². The quantitative estimate of drug-likeness (QED) is 0.161. The van der Waals surface area contributed by atoms with E-state index in [-0.39, 0.29) is 54.8 Å². The molecule has 4 fully saturated rings. The predicted octanol–water partition coefficient (Wildman–Crippen LogP) is 7.40. The van der Waals surface area contributed by atoms with Gasteiger partial charge in [0.2, 0.25) is 0 Å². The van der Waals surface area contributed by atoms with E-state index in [1.165, 1.54) is 51.4 Å². The first-order valence-corrected chi connectivity index (χ1v) is 19.0. The second-order valence-electron chi connectivity index (χ2n) is 14.6. The van der Waals surface area contributed by atoms with Crippen LogP contribution in [0, 0.1) is 23.7 Å². The highest BCUT2D eigenvalue weighted by molar-refractivity contribution is 5.85. The fraction of sp³-hybridized carbons (Fsp3) is 0.610. The molecule has 6 rings (SSSR count). The molecule has 53 heavy (non-hydrogen) atoms. The monoisotopic (exact) mass is 778 g/mol. The first kappa shape index (κ1) is 46.0. The highest BCUT2D eigenvalue weighted by Gasteiger charge is 2.39. The van der Waals surface area contributed by atoms with Crippen molar-refractivity contribution >= 4 is 48.7 Å². The van der Waals surface area contributed by atoms with Gasteiger partial charge in [0, 0.05) is 12.1 Å². The zero-order valence-electron chi connectivity index (χ0n) is 31.2. The number of aliphatic carboxylic acids is 2. The third-order valence-electron chi connectivity index (χ3n) is 10.8. The molecular formula is C41H60Cl2N2O8. The molecule has 2 aliphatic heterocycles. The molecule has 8 atom stereocenters. The zero-order chi connectivity index (χ0) is 36.6. The van der Waals surface area contributed by atoms with Crippen molar-refractivity contribution < 1.29 is 38.9 Å². The highest BCUT2D eigenvalue weighted by Crippen LogP contribution is 2.34. The summed E-state index contributed by atoms with van der Waals surface area (Å²) in [5, 5.41) is 24.4.